The van der Waals surface area contributed by atoms with Gasteiger partial charge in [0, 0.05) is 45.6 Å². The van der Waals surface area contributed by atoms with E-state index in [0.29, 0.717) is 60.0 Å². The summed E-state index contributed by atoms with van der Waals surface area (Å²) in [6.45, 7) is 4.33. The maximum atomic E-state index is 12.6. The van der Waals surface area contributed by atoms with Crippen molar-refractivity contribution in [2.75, 3.05) is 39.3 Å². The first-order valence-electron chi connectivity index (χ1n) is 10.5. The van der Waals surface area contributed by atoms with Crippen LogP contribution in [0.3, 0.4) is 0 Å². The lowest BCUT2D eigenvalue weighted by atomic mass is 10.2. The highest BCUT2D eigenvalue weighted by molar-refractivity contribution is 6.32. The van der Waals surface area contributed by atoms with Crippen molar-refractivity contribution in [3.05, 3.63) is 69.7 Å². The van der Waals surface area contributed by atoms with E-state index in [1.54, 1.807) is 6.07 Å². The smallest absolute Gasteiger partial charge is 0.258 e. The fourth-order valence-electron chi connectivity index (χ4n) is 3.70. The van der Waals surface area contributed by atoms with E-state index in [-0.39, 0.29) is 11.5 Å². The van der Waals surface area contributed by atoms with Gasteiger partial charge in [-0.2, -0.15) is 0 Å². The Bertz CT molecular complexity index is 1110. The van der Waals surface area contributed by atoms with Crippen LogP contribution in [0.25, 0.3) is 10.9 Å². The second kappa shape index (κ2) is 9.94. The van der Waals surface area contributed by atoms with Crippen molar-refractivity contribution in [3.8, 4) is 5.75 Å². The molecule has 3 aromatic rings. The monoisotopic (exact) mass is 440 g/mol. The van der Waals surface area contributed by atoms with Crippen LogP contribution in [-0.4, -0.2) is 65.0 Å². The number of carbonyl (C=O) groups is 1. The zero-order valence-corrected chi connectivity index (χ0v) is 18.0. The molecule has 1 fully saturated rings. The standard InChI is InChI=1S/C23H25ClN4O3/c24-18-6-2-4-8-20(18)31-16-15-27-11-13-28(14-12-27)22(29)10-9-21-25-19-7-3-1-5-17(19)23(30)26-21/h1-8H,9-16H2,(H,25,26,30). The van der Waals surface area contributed by atoms with Crippen molar-refractivity contribution in [1.29, 1.82) is 0 Å². The fraction of sp³-hybridized carbons (Fsp3) is 0.348. The molecule has 2 heterocycles. The summed E-state index contributed by atoms with van der Waals surface area (Å²) < 4.78 is 5.75. The molecule has 8 heteroatoms. The van der Waals surface area contributed by atoms with Gasteiger partial charge in [-0.3, -0.25) is 14.5 Å². The Kier molecular flexibility index (Phi) is 6.84. The molecule has 1 aromatic heterocycles. The van der Waals surface area contributed by atoms with Crippen molar-refractivity contribution < 1.29 is 9.53 Å². The van der Waals surface area contributed by atoms with Gasteiger partial charge in [-0.05, 0) is 24.3 Å². The Morgan fingerprint density at radius 2 is 1.81 bits per heavy atom. The van der Waals surface area contributed by atoms with Crippen molar-refractivity contribution in [3.63, 3.8) is 0 Å². The molecule has 1 saturated heterocycles. The molecule has 4 rings (SSSR count). The summed E-state index contributed by atoms with van der Waals surface area (Å²) in [6.07, 6.45) is 0.752. The lowest BCUT2D eigenvalue weighted by molar-refractivity contribution is -0.132. The number of nitrogens with one attached hydrogen (secondary N) is 1. The molecule has 7 nitrogen and oxygen atoms in total. The third-order valence-corrected chi connectivity index (χ3v) is 5.78. The highest BCUT2D eigenvalue weighted by Crippen LogP contribution is 2.23. The Morgan fingerprint density at radius 1 is 1.06 bits per heavy atom. The summed E-state index contributed by atoms with van der Waals surface area (Å²) >= 11 is 6.10. The topological polar surface area (TPSA) is 78.5 Å². The van der Waals surface area contributed by atoms with Gasteiger partial charge in [-0.1, -0.05) is 35.9 Å². The Balaban J connectivity index is 1.21. The van der Waals surface area contributed by atoms with Gasteiger partial charge < -0.3 is 14.6 Å². The van der Waals surface area contributed by atoms with Crippen LogP contribution in [0, 0.1) is 0 Å². The quantitative estimate of drug-likeness (QED) is 0.611. The predicted molar refractivity (Wildman–Crippen MR) is 121 cm³/mol. The van der Waals surface area contributed by atoms with Crippen LogP contribution in [-0.2, 0) is 11.2 Å². The van der Waals surface area contributed by atoms with Crippen LogP contribution in [0.4, 0.5) is 0 Å². The van der Waals surface area contributed by atoms with E-state index in [2.05, 4.69) is 14.9 Å². The molecular formula is C23H25ClN4O3. The number of hydrogen-bond donors (Lipinski definition) is 1. The molecule has 0 spiro atoms. The zero-order chi connectivity index (χ0) is 21.6. The minimum absolute atomic E-state index is 0.0859. The molecule has 1 aliphatic heterocycles. The molecule has 0 unspecified atom stereocenters. The third kappa shape index (κ3) is 5.42. The van der Waals surface area contributed by atoms with E-state index in [4.69, 9.17) is 16.3 Å². The van der Waals surface area contributed by atoms with Crippen LogP contribution >= 0.6 is 11.6 Å². The number of halogens is 1. The number of aromatic amines is 1. The maximum absolute atomic E-state index is 12.6. The van der Waals surface area contributed by atoms with Crippen LogP contribution < -0.4 is 10.3 Å². The van der Waals surface area contributed by atoms with E-state index >= 15 is 0 Å². The summed E-state index contributed by atoms with van der Waals surface area (Å²) in [7, 11) is 0. The third-order valence-electron chi connectivity index (χ3n) is 5.46. The average molecular weight is 441 g/mol. The van der Waals surface area contributed by atoms with Gasteiger partial charge in [-0.15, -0.1) is 0 Å². The molecule has 2 aromatic carbocycles. The predicted octanol–water partition coefficient (Wildman–Crippen LogP) is 2.73. The first kappa shape index (κ1) is 21.3. The molecule has 0 bridgehead atoms. The largest absolute Gasteiger partial charge is 0.491 e. The van der Waals surface area contributed by atoms with Crippen LogP contribution in [0.2, 0.25) is 5.02 Å². The first-order chi connectivity index (χ1) is 15.1. The van der Waals surface area contributed by atoms with E-state index < -0.39 is 0 Å². The number of benzene rings is 2. The van der Waals surface area contributed by atoms with Gasteiger partial charge in [-0.25, -0.2) is 4.98 Å². The second-order valence-electron chi connectivity index (χ2n) is 7.53. The molecular weight excluding hydrogens is 416 g/mol. The zero-order valence-electron chi connectivity index (χ0n) is 17.2. The summed E-state index contributed by atoms with van der Waals surface area (Å²) in [5.41, 5.74) is 0.488. The van der Waals surface area contributed by atoms with Gasteiger partial charge >= 0.3 is 0 Å². The van der Waals surface area contributed by atoms with Gasteiger partial charge in [0.25, 0.3) is 5.56 Å². The summed E-state index contributed by atoms with van der Waals surface area (Å²) in [5, 5.41) is 1.17. The first-order valence-corrected chi connectivity index (χ1v) is 10.8. The number of rotatable bonds is 7. The molecule has 0 saturated carbocycles. The van der Waals surface area contributed by atoms with Gasteiger partial charge in [0.1, 0.15) is 18.2 Å². The number of H-pyrrole nitrogens is 1. The average Bonchev–Trinajstić information content (AvgIpc) is 2.79. The van der Waals surface area contributed by atoms with Crippen molar-refractivity contribution in [1.82, 2.24) is 19.8 Å². The number of fused-ring (bicyclic) bond motifs is 1. The fourth-order valence-corrected chi connectivity index (χ4v) is 3.89. The molecule has 0 atom stereocenters. The van der Waals surface area contributed by atoms with E-state index in [9.17, 15) is 9.59 Å². The van der Waals surface area contributed by atoms with Crippen molar-refractivity contribution in [2.45, 2.75) is 12.8 Å². The van der Waals surface area contributed by atoms with Crippen LogP contribution in [0.5, 0.6) is 5.75 Å². The molecule has 1 amide bonds. The highest BCUT2D eigenvalue weighted by atomic mass is 35.5. The van der Waals surface area contributed by atoms with Gasteiger partial charge in [0.2, 0.25) is 5.91 Å². The Hall–Kier alpha value is -2.90. The lowest BCUT2D eigenvalue weighted by Gasteiger charge is -2.34. The lowest BCUT2D eigenvalue weighted by Crippen LogP contribution is -2.49. The van der Waals surface area contributed by atoms with E-state index in [1.807, 2.05) is 47.4 Å². The minimum Gasteiger partial charge on any atom is -0.491 e. The molecule has 162 valence electrons. The molecule has 0 aliphatic carbocycles. The van der Waals surface area contributed by atoms with Gasteiger partial charge in [0.05, 0.1) is 15.9 Å². The molecule has 1 N–H and O–H groups in total. The summed E-state index contributed by atoms with van der Waals surface area (Å²) in [6, 6.07) is 14.7. The number of piperazine rings is 1. The maximum Gasteiger partial charge on any atom is 0.258 e. The number of carbonyl (C=O) groups excluding carboxylic acids is 1. The summed E-state index contributed by atoms with van der Waals surface area (Å²) in [5.74, 6) is 1.33. The van der Waals surface area contributed by atoms with Crippen LogP contribution in [0.15, 0.2) is 53.3 Å². The minimum atomic E-state index is -0.166. The number of aromatic nitrogens is 2. The molecule has 31 heavy (non-hydrogen) atoms. The van der Waals surface area contributed by atoms with Crippen molar-refractivity contribution in [2.24, 2.45) is 0 Å². The number of para-hydroxylation sites is 2. The van der Waals surface area contributed by atoms with E-state index in [0.717, 1.165) is 19.6 Å². The Morgan fingerprint density at radius 3 is 2.61 bits per heavy atom. The van der Waals surface area contributed by atoms with Gasteiger partial charge in [0.15, 0.2) is 0 Å². The number of ether oxygens (including phenoxy) is 1. The van der Waals surface area contributed by atoms with E-state index in [1.165, 1.54) is 0 Å². The number of nitrogens with zero attached hydrogens (tertiary/aromatic N) is 3. The molecule has 0 radical (unpaired) electrons. The normalized spacial score (nSPS) is 14.7. The number of amides is 1. The Labute approximate surface area is 185 Å². The van der Waals surface area contributed by atoms with Crippen LogP contribution in [0.1, 0.15) is 12.2 Å². The number of aryl methyl sites for hydroxylation is 1. The summed E-state index contributed by atoms with van der Waals surface area (Å²) in [4.78, 5) is 36.2. The molecule has 1 aliphatic rings. The number of hydrogen-bond acceptors (Lipinski definition) is 5. The SMILES string of the molecule is O=C(CCc1nc2ccccc2c(=O)[nH]1)N1CCN(CCOc2ccccc2Cl)CC1. The van der Waals surface area contributed by atoms with Crippen molar-refractivity contribution >= 4 is 28.4 Å². The highest BCUT2D eigenvalue weighted by Gasteiger charge is 2.21. The second-order valence-corrected chi connectivity index (χ2v) is 7.94.